The van der Waals surface area contributed by atoms with Crippen molar-refractivity contribution in [2.75, 3.05) is 19.8 Å². The number of hydrogen-bond acceptors (Lipinski definition) is 4. The van der Waals surface area contributed by atoms with E-state index in [2.05, 4.69) is 26.1 Å². The van der Waals surface area contributed by atoms with Crippen molar-refractivity contribution in [3.63, 3.8) is 0 Å². The van der Waals surface area contributed by atoms with Gasteiger partial charge in [-0.1, -0.05) is 59.3 Å². The van der Waals surface area contributed by atoms with Crippen molar-refractivity contribution in [2.45, 2.75) is 96.7 Å². The molecule has 1 saturated carbocycles. The summed E-state index contributed by atoms with van der Waals surface area (Å²) in [6.45, 7) is 8.45. The van der Waals surface area contributed by atoms with Gasteiger partial charge in [0.25, 0.3) is 0 Å². The summed E-state index contributed by atoms with van der Waals surface area (Å²) in [6.07, 6.45) is 11.6. The van der Waals surface area contributed by atoms with Crippen LogP contribution >= 0.6 is 7.60 Å². The summed E-state index contributed by atoms with van der Waals surface area (Å²) in [5.41, 5.74) is 0. The predicted molar refractivity (Wildman–Crippen MR) is 98.1 cm³/mol. The highest BCUT2D eigenvalue weighted by atomic mass is 31.2. The zero-order valence-corrected chi connectivity index (χ0v) is 16.5. The molecule has 1 fully saturated rings. The van der Waals surface area contributed by atoms with Gasteiger partial charge in [-0.25, -0.2) is 0 Å². The predicted octanol–water partition coefficient (Wildman–Crippen LogP) is 5.86. The lowest BCUT2D eigenvalue weighted by molar-refractivity contribution is 0.169. The summed E-state index contributed by atoms with van der Waals surface area (Å²) in [5, 5.41) is 3.17. The Balaban J connectivity index is 2.76. The Morgan fingerprint density at radius 2 is 1.39 bits per heavy atom. The van der Waals surface area contributed by atoms with Crippen molar-refractivity contribution in [1.82, 2.24) is 5.32 Å². The Hall–Kier alpha value is 0.110. The highest BCUT2D eigenvalue weighted by molar-refractivity contribution is 7.55. The van der Waals surface area contributed by atoms with Gasteiger partial charge in [0.2, 0.25) is 0 Å². The molecule has 0 aromatic heterocycles. The molecule has 1 aliphatic carbocycles. The lowest BCUT2D eigenvalue weighted by Crippen LogP contribution is -2.44. The largest absolute Gasteiger partial charge is 0.350 e. The van der Waals surface area contributed by atoms with E-state index >= 15 is 0 Å². The van der Waals surface area contributed by atoms with E-state index in [1.54, 1.807) is 0 Å². The van der Waals surface area contributed by atoms with E-state index in [0.29, 0.717) is 13.2 Å². The van der Waals surface area contributed by atoms with Crippen LogP contribution in [-0.4, -0.2) is 25.0 Å². The van der Waals surface area contributed by atoms with E-state index in [0.717, 1.165) is 64.3 Å². The van der Waals surface area contributed by atoms with E-state index in [1.165, 1.54) is 12.8 Å². The molecule has 23 heavy (non-hydrogen) atoms. The molecule has 0 aromatic rings. The summed E-state index contributed by atoms with van der Waals surface area (Å²) < 4.78 is 25.5. The summed E-state index contributed by atoms with van der Waals surface area (Å²) in [7, 11) is -3.12. The molecule has 0 heterocycles. The average Bonchev–Trinajstić information content (AvgIpc) is 3.03. The fourth-order valence-electron chi connectivity index (χ4n) is 3.15. The third-order valence-corrected chi connectivity index (χ3v) is 7.41. The highest BCUT2D eigenvalue weighted by Gasteiger charge is 2.52. The van der Waals surface area contributed by atoms with Crippen LogP contribution in [0.4, 0.5) is 0 Å². The molecule has 0 unspecified atom stereocenters. The average molecular weight is 347 g/mol. The Morgan fingerprint density at radius 3 is 1.87 bits per heavy atom. The summed E-state index contributed by atoms with van der Waals surface area (Å²) >= 11 is 0. The minimum absolute atomic E-state index is 0.442. The fraction of sp³-hybridized carbons (Fsp3) is 1.00. The van der Waals surface area contributed by atoms with E-state index in [-0.39, 0.29) is 0 Å². The number of unbranched alkanes of at least 4 members (excludes halogenated alkanes) is 4. The minimum atomic E-state index is -3.12. The molecule has 0 atom stereocenters. The lowest BCUT2D eigenvalue weighted by atomic mass is 10.2. The van der Waals surface area contributed by atoms with Gasteiger partial charge in [0.15, 0.2) is 0 Å². The van der Waals surface area contributed by atoms with Crippen LogP contribution < -0.4 is 5.32 Å². The van der Waals surface area contributed by atoms with Crippen molar-refractivity contribution in [1.29, 1.82) is 0 Å². The summed E-state index contributed by atoms with van der Waals surface area (Å²) in [6, 6.07) is 0. The van der Waals surface area contributed by atoms with Crippen molar-refractivity contribution in [3.05, 3.63) is 0 Å². The lowest BCUT2D eigenvalue weighted by Gasteiger charge is -2.37. The van der Waals surface area contributed by atoms with Crippen LogP contribution in [-0.2, 0) is 13.6 Å². The number of rotatable bonds is 14. The molecular weight excluding hydrogens is 309 g/mol. The molecule has 0 saturated heterocycles. The van der Waals surface area contributed by atoms with E-state index in [9.17, 15) is 4.57 Å². The second kappa shape index (κ2) is 11.6. The zero-order valence-electron chi connectivity index (χ0n) is 15.6. The maximum Gasteiger partial charge on any atom is 0.350 e. The first kappa shape index (κ1) is 21.2. The van der Waals surface area contributed by atoms with Gasteiger partial charge in [-0.05, 0) is 38.6 Å². The number of nitrogens with one attached hydrogen (secondary N) is 1. The first-order valence-electron chi connectivity index (χ1n) is 9.78. The van der Waals surface area contributed by atoms with E-state index in [4.69, 9.17) is 9.05 Å². The normalized spacial score (nSPS) is 17.7. The molecule has 1 N–H and O–H groups in total. The third-order valence-electron chi connectivity index (χ3n) is 4.71. The molecule has 1 rings (SSSR count). The molecule has 0 amide bonds. The molecular formula is C18H38NO3P. The van der Waals surface area contributed by atoms with Crippen LogP contribution in [0, 0.1) is 0 Å². The van der Waals surface area contributed by atoms with Crippen molar-refractivity contribution < 1.29 is 13.6 Å². The van der Waals surface area contributed by atoms with E-state index in [1.807, 2.05) is 0 Å². The third kappa shape index (κ3) is 6.49. The second-order valence-corrected chi connectivity index (χ2v) is 9.11. The van der Waals surface area contributed by atoms with Crippen molar-refractivity contribution in [3.8, 4) is 0 Å². The molecule has 1 aliphatic rings. The van der Waals surface area contributed by atoms with Gasteiger partial charge >= 0.3 is 7.60 Å². The maximum absolute atomic E-state index is 13.6. The van der Waals surface area contributed by atoms with Crippen LogP contribution in [0.2, 0.25) is 0 Å². The topological polar surface area (TPSA) is 47.6 Å². The van der Waals surface area contributed by atoms with Crippen LogP contribution in [0.1, 0.15) is 91.4 Å². The van der Waals surface area contributed by atoms with Crippen molar-refractivity contribution >= 4 is 7.60 Å². The smallest absolute Gasteiger partial charge is 0.307 e. The Kier molecular flexibility index (Phi) is 10.7. The van der Waals surface area contributed by atoms with E-state index < -0.39 is 12.9 Å². The molecule has 0 bridgehead atoms. The number of hydrogen-bond donors (Lipinski definition) is 1. The summed E-state index contributed by atoms with van der Waals surface area (Å²) in [4.78, 5) is 0. The van der Waals surface area contributed by atoms with Crippen molar-refractivity contribution in [2.24, 2.45) is 0 Å². The second-order valence-electron chi connectivity index (χ2n) is 6.74. The van der Waals surface area contributed by atoms with Gasteiger partial charge in [-0.3, -0.25) is 4.57 Å². The first-order chi connectivity index (χ1) is 11.1. The van der Waals surface area contributed by atoms with Crippen LogP contribution in [0.3, 0.4) is 0 Å². The highest BCUT2D eigenvalue weighted by Crippen LogP contribution is 2.64. The molecule has 4 nitrogen and oxygen atoms in total. The quantitative estimate of drug-likeness (QED) is 0.316. The monoisotopic (exact) mass is 347 g/mol. The standard InChI is InChI=1S/C18H38NO3P/c1-4-7-12-15-19-18(13-10-11-14-18)23(20,21-16-8-5-2)22-17-9-6-3/h19H,4-17H2,1-3H3. The van der Waals surface area contributed by atoms with Crippen LogP contribution in [0.5, 0.6) is 0 Å². The van der Waals surface area contributed by atoms with Gasteiger partial charge in [-0.15, -0.1) is 0 Å². The Bertz CT molecular complexity index is 329. The Morgan fingerprint density at radius 1 is 0.870 bits per heavy atom. The van der Waals surface area contributed by atoms with Crippen LogP contribution in [0.25, 0.3) is 0 Å². The van der Waals surface area contributed by atoms with Gasteiger partial charge in [0.1, 0.15) is 5.28 Å². The molecule has 0 radical (unpaired) electrons. The SMILES string of the molecule is CCCCCNC1(P(=O)(OCCCC)OCCCC)CCCC1. The molecule has 138 valence electrons. The van der Waals surface area contributed by atoms with Gasteiger partial charge in [0, 0.05) is 0 Å². The minimum Gasteiger partial charge on any atom is -0.307 e. The maximum atomic E-state index is 13.6. The molecule has 0 aromatic carbocycles. The molecule has 5 heteroatoms. The molecule has 0 aliphatic heterocycles. The molecule has 0 spiro atoms. The van der Waals surface area contributed by atoms with Gasteiger partial charge < -0.3 is 14.4 Å². The van der Waals surface area contributed by atoms with Gasteiger partial charge in [-0.2, -0.15) is 0 Å². The Labute approximate surface area is 143 Å². The van der Waals surface area contributed by atoms with Gasteiger partial charge in [0.05, 0.1) is 13.2 Å². The van der Waals surface area contributed by atoms with Crippen LogP contribution in [0.15, 0.2) is 0 Å². The first-order valence-corrected chi connectivity index (χ1v) is 11.3. The summed E-state index contributed by atoms with van der Waals surface area (Å²) in [5.74, 6) is 0. The zero-order chi connectivity index (χ0) is 17.0. The fourth-order valence-corrected chi connectivity index (χ4v) is 5.62.